The smallest absolute Gasteiger partial charge is 0.360 e. The van der Waals surface area contributed by atoms with E-state index in [2.05, 4.69) is 27.2 Å². The maximum Gasteiger partial charge on any atom is 0.417 e. The van der Waals surface area contributed by atoms with Gasteiger partial charge < -0.3 is 9.42 Å². The molecule has 4 nitrogen and oxygen atoms in total. The van der Waals surface area contributed by atoms with Crippen LogP contribution in [0.5, 0.6) is 0 Å². The van der Waals surface area contributed by atoms with Crippen molar-refractivity contribution in [3.8, 4) is 11.3 Å². The fourth-order valence-corrected chi connectivity index (χ4v) is 5.93. The van der Waals surface area contributed by atoms with Crippen molar-refractivity contribution >= 4 is 5.82 Å². The predicted octanol–water partition coefficient (Wildman–Crippen LogP) is 7.11. The molecule has 0 amide bonds. The van der Waals surface area contributed by atoms with Crippen LogP contribution in [-0.2, 0) is 6.18 Å². The lowest BCUT2D eigenvalue weighted by Crippen LogP contribution is -2.46. The average Bonchev–Trinajstić information content (AvgIpc) is 3.56. The Balaban J connectivity index is 1.24. The lowest BCUT2D eigenvalue weighted by molar-refractivity contribution is -0.137. The molecule has 3 fully saturated rings. The highest BCUT2D eigenvalue weighted by molar-refractivity contribution is 5.69. The minimum atomic E-state index is -4.43. The Bertz CT molecular complexity index is 1180. The molecule has 1 saturated heterocycles. The van der Waals surface area contributed by atoms with Crippen molar-refractivity contribution in [3.63, 3.8) is 0 Å². The maximum absolute atomic E-state index is 13.8. The summed E-state index contributed by atoms with van der Waals surface area (Å²) in [7, 11) is 0. The van der Waals surface area contributed by atoms with Crippen LogP contribution < -0.4 is 4.90 Å². The van der Waals surface area contributed by atoms with E-state index in [9.17, 15) is 13.2 Å². The normalized spacial score (nSPS) is 20.5. The lowest BCUT2D eigenvalue weighted by atomic mass is 9.55. The van der Waals surface area contributed by atoms with Crippen molar-refractivity contribution in [1.29, 1.82) is 0 Å². The second-order valence-corrected chi connectivity index (χ2v) is 10.4. The molecule has 0 atom stereocenters. The van der Waals surface area contributed by atoms with Crippen LogP contribution in [0.15, 0.2) is 47.1 Å². The molecule has 1 aliphatic heterocycles. The Morgan fingerprint density at radius 1 is 1.00 bits per heavy atom. The van der Waals surface area contributed by atoms with Crippen molar-refractivity contribution in [2.75, 3.05) is 18.0 Å². The molecule has 0 unspecified atom stereocenters. The fraction of sp³-hybridized carbons (Fsp3) is 0.481. The van der Waals surface area contributed by atoms with Gasteiger partial charge in [0.25, 0.3) is 0 Å². The largest absolute Gasteiger partial charge is 0.417 e. The summed E-state index contributed by atoms with van der Waals surface area (Å²) in [5.41, 5.74) is 2.25. The number of aromatic nitrogens is 2. The summed E-state index contributed by atoms with van der Waals surface area (Å²) < 4.78 is 47.0. The van der Waals surface area contributed by atoms with E-state index >= 15 is 0 Å². The van der Waals surface area contributed by atoms with E-state index in [1.165, 1.54) is 12.1 Å². The minimum absolute atomic E-state index is 0.141. The Morgan fingerprint density at radius 3 is 2.38 bits per heavy atom. The quantitative estimate of drug-likeness (QED) is 0.410. The fourth-order valence-electron chi connectivity index (χ4n) is 5.93. The molecule has 1 spiro atoms. The summed E-state index contributed by atoms with van der Waals surface area (Å²) in [4.78, 5) is 6.92. The standard InChI is InChI=1S/C27H28F3N3O/c1-17-6-9-22(31-16-17)33-12-10-26(11-13-33)14-19(15-26)23-24(32-34-25(23)18-7-8-18)20-4-2-3-5-21(20)27(28,29)30/h2-6,9,16,18-19H,7-8,10-15H2,1H3. The Morgan fingerprint density at radius 2 is 1.74 bits per heavy atom. The van der Waals surface area contributed by atoms with Crippen molar-refractivity contribution in [2.45, 2.75) is 63.5 Å². The second-order valence-electron chi connectivity index (χ2n) is 10.4. The summed E-state index contributed by atoms with van der Waals surface area (Å²) in [6.07, 6.45) is 3.68. The SMILES string of the molecule is Cc1ccc(N2CCC3(CC2)CC(c2c(-c4ccccc4C(F)(F)F)noc2C2CC2)C3)nc1. The van der Waals surface area contributed by atoms with Gasteiger partial charge in [-0.1, -0.05) is 29.4 Å². The first kappa shape index (κ1) is 21.7. The van der Waals surface area contributed by atoms with Gasteiger partial charge in [0, 0.05) is 36.3 Å². The van der Waals surface area contributed by atoms with Gasteiger partial charge in [-0.2, -0.15) is 13.2 Å². The average molecular weight is 468 g/mol. The van der Waals surface area contributed by atoms with Gasteiger partial charge in [-0.25, -0.2) is 4.98 Å². The maximum atomic E-state index is 13.8. The highest BCUT2D eigenvalue weighted by Gasteiger charge is 2.50. The van der Waals surface area contributed by atoms with Gasteiger partial charge in [0.05, 0.1) is 5.56 Å². The summed E-state index contributed by atoms with van der Waals surface area (Å²) in [5, 5.41) is 4.23. The van der Waals surface area contributed by atoms with E-state index in [0.717, 1.165) is 80.4 Å². The minimum Gasteiger partial charge on any atom is -0.360 e. The number of piperidine rings is 1. The van der Waals surface area contributed by atoms with E-state index in [-0.39, 0.29) is 16.9 Å². The molecule has 3 aliphatic rings. The van der Waals surface area contributed by atoms with Crippen LogP contribution in [0.1, 0.15) is 72.8 Å². The van der Waals surface area contributed by atoms with E-state index in [1.807, 2.05) is 13.1 Å². The van der Waals surface area contributed by atoms with E-state index in [1.54, 1.807) is 6.07 Å². The van der Waals surface area contributed by atoms with E-state index in [0.29, 0.717) is 11.6 Å². The van der Waals surface area contributed by atoms with Crippen LogP contribution in [0.4, 0.5) is 19.0 Å². The molecule has 3 heterocycles. The second kappa shape index (κ2) is 7.85. The number of hydrogen-bond acceptors (Lipinski definition) is 4. The van der Waals surface area contributed by atoms with Crippen LogP contribution in [0, 0.1) is 12.3 Å². The molecular formula is C27H28F3N3O. The van der Waals surface area contributed by atoms with Gasteiger partial charge in [0.15, 0.2) is 0 Å². The van der Waals surface area contributed by atoms with Gasteiger partial charge >= 0.3 is 6.18 Å². The van der Waals surface area contributed by atoms with Crippen molar-refractivity contribution in [3.05, 3.63) is 65.0 Å². The van der Waals surface area contributed by atoms with Gasteiger partial charge in [-0.3, -0.25) is 0 Å². The van der Waals surface area contributed by atoms with Gasteiger partial charge in [0.1, 0.15) is 17.3 Å². The van der Waals surface area contributed by atoms with Gasteiger partial charge in [0.2, 0.25) is 0 Å². The number of alkyl halides is 3. The van der Waals surface area contributed by atoms with Crippen LogP contribution in [0.3, 0.4) is 0 Å². The van der Waals surface area contributed by atoms with Crippen LogP contribution >= 0.6 is 0 Å². The number of halogens is 3. The summed E-state index contributed by atoms with van der Waals surface area (Å²) in [6.45, 7) is 3.97. The summed E-state index contributed by atoms with van der Waals surface area (Å²) >= 11 is 0. The monoisotopic (exact) mass is 467 g/mol. The third kappa shape index (κ3) is 3.79. The molecule has 34 heavy (non-hydrogen) atoms. The van der Waals surface area contributed by atoms with E-state index in [4.69, 9.17) is 4.52 Å². The first-order valence-electron chi connectivity index (χ1n) is 12.2. The highest BCUT2D eigenvalue weighted by atomic mass is 19.4. The Hall–Kier alpha value is -2.83. The predicted molar refractivity (Wildman–Crippen MR) is 124 cm³/mol. The molecule has 178 valence electrons. The topological polar surface area (TPSA) is 42.2 Å². The zero-order valence-electron chi connectivity index (χ0n) is 19.2. The number of aryl methyl sites for hydroxylation is 1. The molecule has 0 radical (unpaired) electrons. The summed E-state index contributed by atoms with van der Waals surface area (Å²) in [6, 6.07) is 9.93. The first-order valence-corrected chi connectivity index (χ1v) is 12.2. The first-order chi connectivity index (χ1) is 16.3. The van der Waals surface area contributed by atoms with Gasteiger partial charge in [-0.05, 0) is 74.5 Å². The van der Waals surface area contributed by atoms with Crippen molar-refractivity contribution < 1.29 is 17.7 Å². The summed E-state index contributed by atoms with van der Waals surface area (Å²) in [5.74, 6) is 2.37. The number of nitrogens with zero attached hydrogens (tertiary/aromatic N) is 3. The van der Waals surface area contributed by atoms with E-state index < -0.39 is 11.7 Å². The number of pyridine rings is 1. The van der Waals surface area contributed by atoms with Crippen LogP contribution in [0.2, 0.25) is 0 Å². The van der Waals surface area contributed by atoms with Crippen LogP contribution in [-0.4, -0.2) is 23.2 Å². The molecule has 0 N–H and O–H groups in total. The van der Waals surface area contributed by atoms with Gasteiger partial charge in [-0.15, -0.1) is 0 Å². The molecule has 2 saturated carbocycles. The number of rotatable bonds is 4. The molecule has 3 aromatic rings. The number of anilines is 1. The molecule has 2 aromatic heterocycles. The number of benzene rings is 1. The third-order valence-electron chi connectivity index (χ3n) is 8.00. The Labute approximate surface area is 197 Å². The zero-order valence-corrected chi connectivity index (χ0v) is 19.2. The third-order valence-corrected chi connectivity index (χ3v) is 8.00. The molecule has 7 heteroatoms. The van der Waals surface area contributed by atoms with Crippen LogP contribution in [0.25, 0.3) is 11.3 Å². The highest BCUT2D eigenvalue weighted by Crippen LogP contribution is 2.60. The molecular weight excluding hydrogens is 439 g/mol. The number of hydrogen-bond donors (Lipinski definition) is 0. The zero-order chi connectivity index (χ0) is 23.5. The lowest BCUT2D eigenvalue weighted by Gasteiger charge is -2.52. The molecule has 6 rings (SSSR count). The van der Waals surface area contributed by atoms with Crippen molar-refractivity contribution in [2.24, 2.45) is 5.41 Å². The van der Waals surface area contributed by atoms with Crippen molar-refractivity contribution in [1.82, 2.24) is 10.1 Å². The molecule has 0 bridgehead atoms. The molecule has 1 aromatic carbocycles. The molecule has 2 aliphatic carbocycles. The Kier molecular flexibility index (Phi) is 5.01.